The van der Waals surface area contributed by atoms with E-state index >= 15 is 0 Å². The van der Waals surface area contributed by atoms with E-state index in [0.29, 0.717) is 22.1 Å². The molecule has 106 valence electrons. The third kappa shape index (κ3) is 3.22. The van der Waals surface area contributed by atoms with Crippen LogP contribution in [-0.2, 0) is 0 Å². The van der Waals surface area contributed by atoms with Gasteiger partial charge in [0.1, 0.15) is 17.4 Å². The van der Waals surface area contributed by atoms with Gasteiger partial charge in [0.25, 0.3) is 5.69 Å². The number of halogens is 1. The van der Waals surface area contributed by atoms with Crippen LogP contribution in [0.3, 0.4) is 0 Å². The second-order valence-electron chi connectivity index (χ2n) is 4.07. The van der Waals surface area contributed by atoms with Gasteiger partial charge in [-0.15, -0.1) is 0 Å². The maximum absolute atomic E-state index is 10.8. The number of methoxy groups -OCH3 is 1. The standard InChI is InChI=1S/C14H10ClN3O3/c1-21-14-5-2-10(15)7-12(14)17-11-3-4-13(18(19)20)9(6-11)8-16/h2-7,17H,1H3. The van der Waals surface area contributed by atoms with Gasteiger partial charge in [-0.1, -0.05) is 11.6 Å². The number of hydrogen-bond acceptors (Lipinski definition) is 5. The van der Waals surface area contributed by atoms with Gasteiger partial charge in [0, 0.05) is 16.8 Å². The van der Waals surface area contributed by atoms with Gasteiger partial charge in [0.15, 0.2) is 0 Å². The molecule has 0 saturated carbocycles. The topological polar surface area (TPSA) is 88.2 Å². The van der Waals surface area contributed by atoms with Gasteiger partial charge in [0.05, 0.1) is 17.7 Å². The molecule has 0 amide bonds. The summed E-state index contributed by atoms with van der Waals surface area (Å²) in [6, 6.07) is 11.0. The summed E-state index contributed by atoms with van der Waals surface area (Å²) in [5.74, 6) is 0.566. The first-order valence-corrected chi connectivity index (χ1v) is 6.22. The normalized spacial score (nSPS) is 9.76. The lowest BCUT2D eigenvalue weighted by molar-refractivity contribution is -0.385. The van der Waals surface area contributed by atoms with E-state index in [0.717, 1.165) is 0 Å². The Morgan fingerprint density at radius 2 is 2.10 bits per heavy atom. The lowest BCUT2D eigenvalue weighted by Gasteiger charge is -2.11. The summed E-state index contributed by atoms with van der Waals surface area (Å²) < 4.78 is 5.20. The molecular formula is C14H10ClN3O3. The molecule has 2 aromatic carbocycles. The highest BCUT2D eigenvalue weighted by molar-refractivity contribution is 6.31. The number of hydrogen-bond donors (Lipinski definition) is 1. The molecule has 0 radical (unpaired) electrons. The first kappa shape index (κ1) is 14.6. The predicted molar refractivity (Wildman–Crippen MR) is 79.1 cm³/mol. The number of ether oxygens (including phenoxy) is 1. The van der Waals surface area contributed by atoms with Gasteiger partial charge in [-0.2, -0.15) is 5.26 Å². The monoisotopic (exact) mass is 303 g/mol. The van der Waals surface area contributed by atoms with Crippen LogP contribution < -0.4 is 10.1 Å². The number of nitriles is 1. The van der Waals surface area contributed by atoms with E-state index in [4.69, 9.17) is 21.6 Å². The van der Waals surface area contributed by atoms with Crippen LogP contribution in [0.15, 0.2) is 36.4 Å². The van der Waals surface area contributed by atoms with Gasteiger partial charge in [-0.25, -0.2) is 0 Å². The van der Waals surface area contributed by atoms with Gasteiger partial charge >= 0.3 is 0 Å². The second-order valence-corrected chi connectivity index (χ2v) is 4.51. The number of nitrogens with zero attached hydrogens (tertiary/aromatic N) is 2. The molecule has 0 aliphatic rings. The number of nitrogens with one attached hydrogen (secondary N) is 1. The third-order valence-electron chi connectivity index (χ3n) is 2.75. The van der Waals surface area contributed by atoms with Gasteiger partial charge in [-0.05, 0) is 30.3 Å². The maximum atomic E-state index is 10.8. The molecule has 0 fully saturated rings. The fourth-order valence-corrected chi connectivity index (χ4v) is 1.97. The maximum Gasteiger partial charge on any atom is 0.287 e. The molecule has 2 rings (SSSR count). The molecule has 1 N–H and O–H groups in total. The summed E-state index contributed by atoms with van der Waals surface area (Å²) in [5, 5.41) is 23.3. The zero-order chi connectivity index (χ0) is 15.4. The fourth-order valence-electron chi connectivity index (χ4n) is 1.80. The minimum Gasteiger partial charge on any atom is -0.495 e. The van der Waals surface area contributed by atoms with E-state index in [1.54, 1.807) is 24.3 Å². The van der Waals surface area contributed by atoms with Crippen molar-refractivity contribution >= 4 is 28.7 Å². The SMILES string of the molecule is COc1ccc(Cl)cc1Nc1ccc([N+](=O)[O-])c(C#N)c1. The molecule has 0 atom stereocenters. The van der Waals surface area contributed by atoms with Gasteiger partial charge in [0.2, 0.25) is 0 Å². The number of nitro benzene ring substituents is 1. The summed E-state index contributed by atoms with van der Waals surface area (Å²) in [6.07, 6.45) is 0. The Morgan fingerprint density at radius 1 is 1.33 bits per heavy atom. The number of rotatable bonds is 4. The van der Waals surface area contributed by atoms with E-state index in [2.05, 4.69) is 5.32 Å². The number of nitro groups is 1. The first-order valence-electron chi connectivity index (χ1n) is 5.84. The largest absolute Gasteiger partial charge is 0.495 e. The molecule has 21 heavy (non-hydrogen) atoms. The number of anilines is 2. The Bertz CT molecular complexity index is 741. The zero-order valence-electron chi connectivity index (χ0n) is 11.0. The van der Waals surface area contributed by atoms with Crippen LogP contribution in [-0.4, -0.2) is 12.0 Å². The Morgan fingerprint density at radius 3 is 2.71 bits per heavy atom. The molecular weight excluding hydrogens is 294 g/mol. The highest BCUT2D eigenvalue weighted by atomic mass is 35.5. The Hall–Kier alpha value is -2.78. The molecule has 2 aromatic rings. The molecule has 0 saturated heterocycles. The van der Waals surface area contributed by atoms with E-state index in [9.17, 15) is 10.1 Å². The van der Waals surface area contributed by atoms with Crippen molar-refractivity contribution in [2.75, 3.05) is 12.4 Å². The Balaban J connectivity index is 2.39. The van der Waals surface area contributed by atoms with Crippen molar-refractivity contribution < 1.29 is 9.66 Å². The second kappa shape index (κ2) is 6.11. The molecule has 0 unspecified atom stereocenters. The van der Waals surface area contributed by atoms with Crippen LogP contribution in [0.1, 0.15) is 5.56 Å². The summed E-state index contributed by atoms with van der Waals surface area (Å²) in [5.41, 5.74) is 0.868. The van der Waals surface area contributed by atoms with E-state index < -0.39 is 4.92 Å². The summed E-state index contributed by atoms with van der Waals surface area (Å²) in [4.78, 5) is 10.2. The predicted octanol–water partition coefficient (Wildman–Crippen LogP) is 3.87. The van der Waals surface area contributed by atoms with Crippen molar-refractivity contribution in [2.45, 2.75) is 0 Å². The quantitative estimate of drug-likeness (QED) is 0.684. The van der Waals surface area contributed by atoms with E-state index in [1.165, 1.54) is 25.3 Å². The third-order valence-corrected chi connectivity index (χ3v) is 2.99. The lowest BCUT2D eigenvalue weighted by atomic mass is 10.1. The van der Waals surface area contributed by atoms with Crippen LogP contribution in [0.25, 0.3) is 0 Å². The summed E-state index contributed by atoms with van der Waals surface area (Å²) in [7, 11) is 1.52. The number of benzene rings is 2. The van der Waals surface area contributed by atoms with Crippen LogP contribution in [0.2, 0.25) is 5.02 Å². The molecule has 0 aromatic heterocycles. The van der Waals surface area contributed by atoms with E-state index in [1.807, 2.05) is 0 Å². The molecule has 0 bridgehead atoms. The van der Waals surface area contributed by atoms with E-state index in [-0.39, 0.29) is 11.3 Å². The lowest BCUT2D eigenvalue weighted by Crippen LogP contribution is -1.97. The van der Waals surface area contributed by atoms with Crippen LogP contribution in [0.4, 0.5) is 17.1 Å². The minimum absolute atomic E-state index is 0.0222. The van der Waals surface area contributed by atoms with Gasteiger partial charge < -0.3 is 10.1 Å². The molecule has 6 nitrogen and oxygen atoms in total. The van der Waals surface area contributed by atoms with Crippen molar-refractivity contribution in [1.82, 2.24) is 0 Å². The molecule has 0 heterocycles. The van der Waals surface area contributed by atoms with Gasteiger partial charge in [-0.3, -0.25) is 10.1 Å². The van der Waals surface area contributed by atoms with Crippen molar-refractivity contribution in [1.29, 1.82) is 5.26 Å². The molecule has 0 spiro atoms. The zero-order valence-corrected chi connectivity index (χ0v) is 11.7. The Kier molecular flexibility index (Phi) is 4.26. The average Bonchev–Trinajstić information content (AvgIpc) is 2.47. The highest BCUT2D eigenvalue weighted by Gasteiger charge is 2.14. The molecule has 7 heteroatoms. The highest BCUT2D eigenvalue weighted by Crippen LogP contribution is 2.31. The summed E-state index contributed by atoms with van der Waals surface area (Å²) >= 11 is 5.93. The van der Waals surface area contributed by atoms with Crippen molar-refractivity contribution in [2.24, 2.45) is 0 Å². The molecule has 0 aliphatic heterocycles. The molecule has 0 aliphatic carbocycles. The van der Waals surface area contributed by atoms with Crippen LogP contribution in [0.5, 0.6) is 5.75 Å². The average molecular weight is 304 g/mol. The van der Waals surface area contributed by atoms with Crippen molar-refractivity contribution in [3.05, 3.63) is 57.1 Å². The Labute approximate surface area is 125 Å². The van der Waals surface area contributed by atoms with Crippen molar-refractivity contribution in [3.63, 3.8) is 0 Å². The fraction of sp³-hybridized carbons (Fsp3) is 0.0714. The first-order chi connectivity index (χ1) is 10.0. The van der Waals surface area contributed by atoms with Crippen LogP contribution >= 0.6 is 11.6 Å². The minimum atomic E-state index is -0.595. The summed E-state index contributed by atoms with van der Waals surface area (Å²) in [6.45, 7) is 0. The van der Waals surface area contributed by atoms with Crippen LogP contribution in [0, 0.1) is 21.4 Å². The smallest absolute Gasteiger partial charge is 0.287 e. The van der Waals surface area contributed by atoms with Crippen molar-refractivity contribution in [3.8, 4) is 11.8 Å².